The Kier molecular flexibility index (Phi) is 4.47. The van der Waals surface area contributed by atoms with Gasteiger partial charge in [0.25, 0.3) is 0 Å². The van der Waals surface area contributed by atoms with E-state index in [-0.39, 0.29) is 5.41 Å². The topological polar surface area (TPSA) is 13.1 Å². The molecule has 0 aliphatic heterocycles. The molecule has 0 spiro atoms. The van der Waals surface area contributed by atoms with Crippen molar-refractivity contribution in [3.05, 3.63) is 108 Å². The lowest BCUT2D eigenvalue weighted by molar-refractivity contribution is 0.523. The van der Waals surface area contributed by atoms with Gasteiger partial charge in [0.1, 0.15) is 5.76 Å². The van der Waals surface area contributed by atoms with Crippen LogP contribution in [0.15, 0.2) is 89.5 Å². The summed E-state index contributed by atoms with van der Waals surface area (Å²) in [5.74, 6) is 1.03. The van der Waals surface area contributed by atoms with Crippen LogP contribution in [-0.2, 0) is 11.8 Å². The van der Waals surface area contributed by atoms with Crippen molar-refractivity contribution in [1.29, 1.82) is 0 Å². The molecule has 1 aromatic heterocycles. The zero-order chi connectivity index (χ0) is 20.7. The van der Waals surface area contributed by atoms with Crippen molar-refractivity contribution in [2.75, 3.05) is 0 Å². The summed E-state index contributed by atoms with van der Waals surface area (Å²) >= 11 is 0. The monoisotopic (exact) mass is 390 g/mol. The Hall–Kier alpha value is -3.32. The van der Waals surface area contributed by atoms with E-state index >= 15 is 0 Å². The number of fused-ring (bicyclic) bond motifs is 1. The van der Waals surface area contributed by atoms with Crippen molar-refractivity contribution in [3.63, 3.8) is 0 Å². The fourth-order valence-corrected chi connectivity index (χ4v) is 4.39. The van der Waals surface area contributed by atoms with Crippen molar-refractivity contribution < 1.29 is 4.42 Å². The molecule has 5 rings (SSSR count). The lowest BCUT2D eigenvalue weighted by atomic mass is 9.85. The molecule has 1 heteroatoms. The number of benzene rings is 3. The van der Waals surface area contributed by atoms with Gasteiger partial charge in [-0.15, -0.1) is 0 Å². The highest BCUT2D eigenvalue weighted by Gasteiger charge is 2.26. The van der Waals surface area contributed by atoms with Crippen LogP contribution >= 0.6 is 0 Å². The first-order valence-corrected chi connectivity index (χ1v) is 10.6. The first-order valence-electron chi connectivity index (χ1n) is 10.6. The number of hydrogen-bond acceptors (Lipinski definition) is 1. The number of rotatable bonds is 3. The highest BCUT2D eigenvalue weighted by molar-refractivity contribution is 5.93. The van der Waals surface area contributed by atoms with Crippen LogP contribution in [-0.4, -0.2) is 0 Å². The second-order valence-corrected chi connectivity index (χ2v) is 9.08. The van der Waals surface area contributed by atoms with Crippen molar-refractivity contribution in [3.8, 4) is 22.3 Å². The second kappa shape index (κ2) is 7.18. The van der Waals surface area contributed by atoms with Crippen LogP contribution in [0.3, 0.4) is 0 Å². The van der Waals surface area contributed by atoms with Crippen LogP contribution in [0, 0.1) is 0 Å². The van der Waals surface area contributed by atoms with Gasteiger partial charge in [-0.1, -0.05) is 93.6 Å². The summed E-state index contributed by atoms with van der Waals surface area (Å²) in [6.07, 6.45) is 5.06. The van der Waals surface area contributed by atoms with E-state index in [1.807, 2.05) is 6.26 Å². The van der Waals surface area contributed by atoms with E-state index in [4.69, 9.17) is 4.42 Å². The van der Waals surface area contributed by atoms with Gasteiger partial charge in [-0.25, -0.2) is 0 Å². The smallest absolute Gasteiger partial charge is 0.133 e. The molecular weight excluding hydrogens is 364 g/mol. The molecule has 30 heavy (non-hydrogen) atoms. The molecule has 0 bridgehead atoms. The molecule has 1 aliphatic rings. The van der Waals surface area contributed by atoms with Gasteiger partial charge in [-0.2, -0.15) is 0 Å². The van der Waals surface area contributed by atoms with E-state index in [1.165, 1.54) is 44.5 Å². The van der Waals surface area contributed by atoms with E-state index in [0.29, 0.717) is 0 Å². The molecule has 0 saturated heterocycles. The molecule has 3 aromatic carbocycles. The summed E-state index contributed by atoms with van der Waals surface area (Å²) in [5.41, 5.74) is 10.3. The number of allylic oxidation sites excluding steroid dienone is 1. The Labute approximate surface area is 178 Å². The fraction of sp³-hybridized carbons (Fsp3) is 0.172. The number of furan rings is 1. The summed E-state index contributed by atoms with van der Waals surface area (Å²) in [5, 5.41) is 0. The van der Waals surface area contributed by atoms with Gasteiger partial charge in [0.15, 0.2) is 0 Å². The lowest BCUT2D eigenvalue weighted by Gasteiger charge is -2.18. The molecule has 0 unspecified atom stereocenters. The largest absolute Gasteiger partial charge is 0.464 e. The van der Waals surface area contributed by atoms with Crippen molar-refractivity contribution in [2.24, 2.45) is 0 Å². The van der Waals surface area contributed by atoms with E-state index in [1.54, 1.807) is 0 Å². The molecule has 0 fully saturated rings. The first kappa shape index (κ1) is 18.7. The summed E-state index contributed by atoms with van der Waals surface area (Å²) in [7, 11) is 0. The molecule has 0 saturated carbocycles. The molecule has 0 N–H and O–H groups in total. The highest BCUT2D eigenvalue weighted by atomic mass is 16.3. The van der Waals surface area contributed by atoms with Crippen molar-refractivity contribution in [1.82, 2.24) is 0 Å². The molecule has 0 radical (unpaired) electrons. The van der Waals surface area contributed by atoms with Gasteiger partial charge >= 0.3 is 0 Å². The van der Waals surface area contributed by atoms with Crippen LogP contribution in [0.2, 0.25) is 0 Å². The average Bonchev–Trinajstić information content (AvgIpc) is 3.41. The van der Waals surface area contributed by atoms with Crippen LogP contribution < -0.4 is 0 Å². The quantitative estimate of drug-likeness (QED) is 0.345. The van der Waals surface area contributed by atoms with Crippen LogP contribution in [0.25, 0.3) is 33.9 Å². The number of hydrogen-bond donors (Lipinski definition) is 0. The van der Waals surface area contributed by atoms with Crippen LogP contribution in [0.1, 0.15) is 43.2 Å². The Morgan fingerprint density at radius 2 is 1.40 bits per heavy atom. The summed E-state index contributed by atoms with van der Waals surface area (Å²) in [4.78, 5) is 0. The van der Waals surface area contributed by atoms with Gasteiger partial charge in [-0.05, 0) is 50.9 Å². The van der Waals surface area contributed by atoms with E-state index in [2.05, 4.69) is 106 Å². The van der Waals surface area contributed by atoms with E-state index in [9.17, 15) is 0 Å². The normalized spacial score (nSPS) is 13.2. The van der Waals surface area contributed by atoms with E-state index < -0.39 is 0 Å². The van der Waals surface area contributed by atoms with Gasteiger partial charge in [0, 0.05) is 17.6 Å². The molecule has 1 aliphatic carbocycles. The average molecular weight is 391 g/mol. The maximum Gasteiger partial charge on any atom is 0.133 e. The third-order valence-corrected chi connectivity index (χ3v) is 5.96. The molecule has 4 aromatic rings. The Morgan fingerprint density at radius 3 is 2.13 bits per heavy atom. The second-order valence-electron chi connectivity index (χ2n) is 9.08. The van der Waals surface area contributed by atoms with Gasteiger partial charge in [0.2, 0.25) is 0 Å². The third-order valence-electron chi connectivity index (χ3n) is 5.96. The van der Waals surface area contributed by atoms with Crippen LogP contribution in [0.4, 0.5) is 0 Å². The molecule has 1 nitrogen and oxygen atoms in total. The third kappa shape index (κ3) is 3.31. The lowest BCUT2D eigenvalue weighted by Crippen LogP contribution is -2.12. The van der Waals surface area contributed by atoms with Gasteiger partial charge < -0.3 is 4.42 Å². The standard InChI is InChI=1S/C29H26O/c1-29(2,3)27-16-17-30-28(27)24-18-23-10-7-11-25(26(23)19-24)22-14-12-21(13-15-22)20-8-5-4-6-9-20/h4-17,19H,18H2,1-3H3. The minimum atomic E-state index is 0.0635. The molecule has 0 atom stereocenters. The summed E-state index contributed by atoms with van der Waals surface area (Å²) < 4.78 is 5.95. The minimum absolute atomic E-state index is 0.0635. The predicted molar refractivity (Wildman–Crippen MR) is 126 cm³/mol. The highest BCUT2D eigenvalue weighted by Crippen LogP contribution is 2.41. The zero-order valence-corrected chi connectivity index (χ0v) is 17.8. The fourth-order valence-electron chi connectivity index (χ4n) is 4.39. The van der Waals surface area contributed by atoms with Crippen molar-refractivity contribution >= 4 is 11.6 Å². The molecular formula is C29H26O. The van der Waals surface area contributed by atoms with Crippen LogP contribution in [0.5, 0.6) is 0 Å². The Bertz CT molecular complexity index is 1220. The molecule has 148 valence electrons. The van der Waals surface area contributed by atoms with Gasteiger partial charge in [-0.3, -0.25) is 0 Å². The predicted octanol–water partition coefficient (Wildman–Crippen LogP) is 8.01. The Morgan fingerprint density at radius 1 is 0.700 bits per heavy atom. The van der Waals surface area contributed by atoms with E-state index in [0.717, 1.165) is 12.2 Å². The molecule has 0 amide bonds. The zero-order valence-electron chi connectivity index (χ0n) is 17.8. The summed E-state index contributed by atoms with van der Waals surface area (Å²) in [6, 6.07) is 28.2. The Balaban J connectivity index is 1.53. The minimum Gasteiger partial charge on any atom is -0.464 e. The summed E-state index contributed by atoms with van der Waals surface area (Å²) in [6.45, 7) is 6.72. The maximum absolute atomic E-state index is 5.95. The van der Waals surface area contributed by atoms with Gasteiger partial charge in [0.05, 0.1) is 6.26 Å². The maximum atomic E-state index is 5.95. The first-order chi connectivity index (χ1) is 14.5. The van der Waals surface area contributed by atoms with Crippen molar-refractivity contribution in [2.45, 2.75) is 32.6 Å². The SMILES string of the molecule is CC(C)(C)c1ccoc1C1=Cc2c(cccc2-c2ccc(-c3ccccc3)cc2)C1. The molecule has 1 heterocycles.